The number of guanidine groups is 1. The molecule has 144 valence electrons. The van der Waals surface area contributed by atoms with E-state index in [-0.39, 0.29) is 24.0 Å². The molecule has 26 heavy (non-hydrogen) atoms. The Balaban J connectivity index is 0.00000338. The van der Waals surface area contributed by atoms with E-state index >= 15 is 0 Å². The number of rotatable bonds is 6. The largest absolute Gasteiger partial charge is 0.357 e. The van der Waals surface area contributed by atoms with Gasteiger partial charge in [0.1, 0.15) is 0 Å². The van der Waals surface area contributed by atoms with E-state index in [1.807, 2.05) is 19.1 Å². The van der Waals surface area contributed by atoms with Gasteiger partial charge in [-0.05, 0) is 37.5 Å². The lowest BCUT2D eigenvalue weighted by molar-refractivity contribution is 0.346. The highest BCUT2D eigenvalue weighted by molar-refractivity contribution is 14.0. The van der Waals surface area contributed by atoms with E-state index in [4.69, 9.17) is 6.42 Å². The second-order valence-electron chi connectivity index (χ2n) is 5.86. The van der Waals surface area contributed by atoms with Crippen LogP contribution in [0.3, 0.4) is 0 Å². The molecule has 1 heterocycles. The fraction of sp³-hybridized carbons (Fsp3) is 0.500. The van der Waals surface area contributed by atoms with Crippen molar-refractivity contribution in [3.8, 4) is 12.3 Å². The van der Waals surface area contributed by atoms with E-state index in [1.165, 1.54) is 0 Å². The minimum Gasteiger partial charge on any atom is -0.357 e. The third-order valence-electron chi connectivity index (χ3n) is 4.00. The second kappa shape index (κ2) is 11.4. The van der Waals surface area contributed by atoms with Crippen LogP contribution in [-0.2, 0) is 16.6 Å². The zero-order valence-corrected chi connectivity index (χ0v) is 18.2. The summed E-state index contributed by atoms with van der Waals surface area (Å²) in [6.07, 6.45) is 8.21. The normalized spacial score (nSPS) is 15.6. The number of sulfonamides is 1. The summed E-state index contributed by atoms with van der Waals surface area (Å²) in [7, 11) is -3.38. The maximum atomic E-state index is 12.6. The molecule has 6 nitrogen and oxygen atoms in total. The number of aliphatic imine (C=N–C) groups is 1. The molecular weight excluding hydrogens is 463 g/mol. The summed E-state index contributed by atoms with van der Waals surface area (Å²) in [4.78, 5) is 4.79. The third kappa shape index (κ3) is 6.45. The Morgan fingerprint density at radius 3 is 2.42 bits per heavy atom. The highest BCUT2D eigenvalue weighted by Gasteiger charge is 2.25. The van der Waals surface area contributed by atoms with Crippen molar-refractivity contribution in [2.24, 2.45) is 4.99 Å². The van der Waals surface area contributed by atoms with Crippen molar-refractivity contribution in [3.05, 3.63) is 29.8 Å². The Morgan fingerprint density at radius 2 is 1.85 bits per heavy atom. The molecule has 1 aliphatic heterocycles. The standard InChI is InChI=1S/C18H26N4O2S.HI/c1-3-12-20-18(19-4-2)21-15-16-8-10-17(11-9-16)25(23,24)22-13-6-5-7-14-22;/h1,8-11H,4-7,12-15H2,2H3,(H2,19,20,21);1H. The van der Waals surface area contributed by atoms with E-state index < -0.39 is 10.0 Å². The maximum Gasteiger partial charge on any atom is 0.243 e. The number of benzene rings is 1. The van der Waals surface area contributed by atoms with Gasteiger partial charge in [-0.25, -0.2) is 13.4 Å². The highest BCUT2D eigenvalue weighted by atomic mass is 127. The van der Waals surface area contributed by atoms with Crippen LogP contribution in [0.15, 0.2) is 34.2 Å². The molecule has 2 N–H and O–H groups in total. The van der Waals surface area contributed by atoms with Crippen LogP contribution < -0.4 is 10.6 Å². The summed E-state index contributed by atoms with van der Waals surface area (Å²) in [6.45, 7) is 4.79. The SMILES string of the molecule is C#CCNC(=NCc1ccc(S(=O)(=O)N2CCCCC2)cc1)NCC.I. The van der Waals surface area contributed by atoms with Crippen molar-refractivity contribution in [2.75, 3.05) is 26.2 Å². The Kier molecular flexibility index (Phi) is 9.98. The first kappa shape index (κ1) is 22.7. The number of hydrogen-bond acceptors (Lipinski definition) is 3. The molecule has 1 fully saturated rings. The first-order valence-corrected chi connectivity index (χ1v) is 10.1. The van der Waals surface area contributed by atoms with Crippen LogP contribution >= 0.6 is 24.0 Å². The Bertz CT molecular complexity index is 721. The number of halogens is 1. The summed E-state index contributed by atoms with van der Waals surface area (Å²) < 4.78 is 26.8. The van der Waals surface area contributed by atoms with Crippen LogP contribution in [-0.4, -0.2) is 44.9 Å². The zero-order chi connectivity index (χ0) is 18.1. The van der Waals surface area contributed by atoms with E-state index in [2.05, 4.69) is 21.5 Å². The Labute approximate surface area is 173 Å². The van der Waals surface area contributed by atoms with Gasteiger partial charge in [0.05, 0.1) is 18.0 Å². The van der Waals surface area contributed by atoms with Crippen molar-refractivity contribution in [1.82, 2.24) is 14.9 Å². The minimum absolute atomic E-state index is 0. The summed E-state index contributed by atoms with van der Waals surface area (Å²) in [5, 5.41) is 6.13. The van der Waals surface area contributed by atoms with E-state index in [0.29, 0.717) is 37.0 Å². The van der Waals surface area contributed by atoms with Crippen molar-refractivity contribution < 1.29 is 8.42 Å². The molecule has 2 rings (SSSR count). The van der Waals surface area contributed by atoms with Gasteiger partial charge in [-0.3, -0.25) is 0 Å². The number of nitrogens with zero attached hydrogens (tertiary/aromatic N) is 2. The zero-order valence-electron chi connectivity index (χ0n) is 15.1. The van der Waals surface area contributed by atoms with Gasteiger partial charge in [0.15, 0.2) is 5.96 Å². The molecule has 1 aromatic rings. The molecule has 0 amide bonds. The monoisotopic (exact) mass is 490 g/mol. The van der Waals surface area contributed by atoms with Crippen LogP contribution in [0, 0.1) is 12.3 Å². The molecular formula is C18H27IN4O2S. The van der Waals surface area contributed by atoms with Gasteiger partial charge in [0.2, 0.25) is 10.0 Å². The lowest BCUT2D eigenvalue weighted by atomic mass is 10.2. The molecule has 1 saturated heterocycles. The lowest BCUT2D eigenvalue weighted by Crippen LogP contribution is -2.37. The van der Waals surface area contributed by atoms with Crippen molar-refractivity contribution in [1.29, 1.82) is 0 Å². The van der Waals surface area contributed by atoms with E-state index in [9.17, 15) is 8.42 Å². The predicted molar refractivity (Wildman–Crippen MR) is 116 cm³/mol. The fourth-order valence-electron chi connectivity index (χ4n) is 2.67. The quantitative estimate of drug-likeness (QED) is 0.278. The van der Waals surface area contributed by atoms with Gasteiger partial charge in [-0.1, -0.05) is 24.5 Å². The Morgan fingerprint density at radius 1 is 1.19 bits per heavy atom. The highest BCUT2D eigenvalue weighted by Crippen LogP contribution is 2.20. The minimum atomic E-state index is -3.38. The fourth-order valence-corrected chi connectivity index (χ4v) is 4.19. The summed E-state index contributed by atoms with van der Waals surface area (Å²) in [5.41, 5.74) is 0.940. The smallest absolute Gasteiger partial charge is 0.243 e. The number of nitrogens with one attached hydrogen (secondary N) is 2. The average Bonchev–Trinajstić information content (AvgIpc) is 2.65. The maximum absolute atomic E-state index is 12.6. The van der Waals surface area contributed by atoms with Crippen LogP contribution in [0.5, 0.6) is 0 Å². The van der Waals surface area contributed by atoms with Crippen LogP contribution in [0.4, 0.5) is 0 Å². The summed E-state index contributed by atoms with van der Waals surface area (Å²) >= 11 is 0. The number of piperidine rings is 1. The van der Waals surface area contributed by atoms with Crippen molar-refractivity contribution in [2.45, 2.75) is 37.6 Å². The Hall–Kier alpha value is -1.31. The van der Waals surface area contributed by atoms with Crippen LogP contribution in [0.25, 0.3) is 0 Å². The molecule has 0 radical (unpaired) electrons. The summed E-state index contributed by atoms with van der Waals surface area (Å²) in [5.74, 6) is 3.15. The molecule has 0 spiro atoms. The van der Waals surface area contributed by atoms with Gasteiger partial charge >= 0.3 is 0 Å². The molecule has 1 aliphatic rings. The molecule has 0 aliphatic carbocycles. The van der Waals surface area contributed by atoms with E-state index in [1.54, 1.807) is 16.4 Å². The lowest BCUT2D eigenvalue weighted by Gasteiger charge is -2.25. The van der Waals surface area contributed by atoms with Gasteiger partial charge in [-0.2, -0.15) is 4.31 Å². The number of hydrogen-bond donors (Lipinski definition) is 2. The third-order valence-corrected chi connectivity index (χ3v) is 5.91. The molecule has 1 aromatic carbocycles. The van der Waals surface area contributed by atoms with E-state index in [0.717, 1.165) is 31.4 Å². The molecule has 0 bridgehead atoms. The first-order valence-electron chi connectivity index (χ1n) is 8.62. The van der Waals surface area contributed by atoms with Crippen molar-refractivity contribution in [3.63, 3.8) is 0 Å². The van der Waals surface area contributed by atoms with Crippen LogP contribution in [0.1, 0.15) is 31.7 Å². The average molecular weight is 490 g/mol. The molecule has 0 aromatic heterocycles. The molecule has 0 unspecified atom stereocenters. The first-order chi connectivity index (χ1) is 12.1. The van der Waals surface area contributed by atoms with Crippen LogP contribution in [0.2, 0.25) is 0 Å². The summed E-state index contributed by atoms with van der Waals surface area (Å²) in [6, 6.07) is 6.95. The molecule has 8 heteroatoms. The molecule has 0 saturated carbocycles. The van der Waals surface area contributed by atoms with Gasteiger partial charge in [-0.15, -0.1) is 30.4 Å². The molecule has 0 atom stereocenters. The second-order valence-corrected chi connectivity index (χ2v) is 7.80. The van der Waals surface area contributed by atoms with Gasteiger partial charge in [0.25, 0.3) is 0 Å². The number of terminal acetylenes is 1. The predicted octanol–water partition coefficient (Wildman–Crippen LogP) is 2.17. The van der Waals surface area contributed by atoms with Gasteiger partial charge in [0, 0.05) is 19.6 Å². The topological polar surface area (TPSA) is 73.8 Å². The van der Waals surface area contributed by atoms with Gasteiger partial charge < -0.3 is 10.6 Å². The van der Waals surface area contributed by atoms with Crippen molar-refractivity contribution >= 4 is 40.0 Å².